The van der Waals surface area contributed by atoms with Crippen LogP contribution in [0.3, 0.4) is 0 Å². The zero-order valence-electron chi connectivity index (χ0n) is 11.4. The van der Waals surface area contributed by atoms with E-state index in [0.717, 1.165) is 31.2 Å². The largest absolute Gasteiger partial charge is 0.379 e. The topological polar surface area (TPSA) is 64.3 Å². The number of amides is 1. The van der Waals surface area contributed by atoms with Crippen molar-refractivity contribution in [2.45, 2.75) is 37.8 Å². The van der Waals surface area contributed by atoms with Crippen molar-refractivity contribution in [2.75, 3.05) is 13.7 Å². The third kappa shape index (κ3) is 3.55. The molecule has 104 valence electrons. The molecule has 1 aliphatic carbocycles. The summed E-state index contributed by atoms with van der Waals surface area (Å²) in [4.78, 5) is 12.2. The Morgan fingerprint density at radius 2 is 2.32 bits per heavy atom. The van der Waals surface area contributed by atoms with Crippen LogP contribution in [-0.2, 0) is 11.2 Å². The van der Waals surface area contributed by atoms with Gasteiger partial charge in [0, 0.05) is 12.7 Å². The summed E-state index contributed by atoms with van der Waals surface area (Å²) in [5.41, 5.74) is 7.34. The van der Waals surface area contributed by atoms with Crippen molar-refractivity contribution in [1.29, 1.82) is 0 Å². The average Bonchev–Trinajstić information content (AvgIpc) is 2.86. The minimum absolute atomic E-state index is 0.0205. The number of hydrogen-bond donors (Lipinski definition) is 2. The first kappa shape index (κ1) is 14.0. The third-order valence-corrected chi connectivity index (χ3v) is 3.69. The van der Waals surface area contributed by atoms with E-state index in [4.69, 9.17) is 10.5 Å². The number of benzene rings is 1. The van der Waals surface area contributed by atoms with Crippen molar-refractivity contribution < 1.29 is 9.53 Å². The summed E-state index contributed by atoms with van der Waals surface area (Å²) >= 11 is 0. The quantitative estimate of drug-likeness (QED) is 0.845. The first-order valence-electron chi connectivity index (χ1n) is 6.87. The molecule has 2 atom stereocenters. The van der Waals surface area contributed by atoms with Crippen LogP contribution < -0.4 is 11.1 Å². The van der Waals surface area contributed by atoms with Gasteiger partial charge < -0.3 is 15.8 Å². The van der Waals surface area contributed by atoms with E-state index in [1.165, 1.54) is 0 Å². The van der Waals surface area contributed by atoms with Gasteiger partial charge in [0.2, 0.25) is 0 Å². The van der Waals surface area contributed by atoms with Crippen molar-refractivity contribution >= 4 is 5.91 Å². The van der Waals surface area contributed by atoms with Gasteiger partial charge in [-0.15, -0.1) is 0 Å². The lowest BCUT2D eigenvalue weighted by Gasteiger charge is -2.19. The minimum atomic E-state index is -0.0205. The van der Waals surface area contributed by atoms with Gasteiger partial charge in [0.1, 0.15) is 0 Å². The monoisotopic (exact) mass is 262 g/mol. The molecule has 4 nitrogen and oxygen atoms in total. The van der Waals surface area contributed by atoms with Crippen LogP contribution in [0.4, 0.5) is 0 Å². The molecule has 3 N–H and O–H groups in total. The van der Waals surface area contributed by atoms with Crippen molar-refractivity contribution in [3.63, 3.8) is 0 Å². The van der Waals surface area contributed by atoms with E-state index in [-0.39, 0.29) is 18.1 Å². The SMILES string of the molecule is COC1CCCC1NC(=O)c1cccc(CCN)c1. The van der Waals surface area contributed by atoms with E-state index in [2.05, 4.69) is 5.32 Å². The second kappa shape index (κ2) is 6.68. The number of carbonyl (C=O) groups is 1. The number of nitrogens with one attached hydrogen (secondary N) is 1. The fraction of sp³-hybridized carbons (Fsp3) is 0.533. The zero-order valence-corrected chi connectivity index (χ0v) is 11.4. The summed E-state index contributed by atoms with van der Waals surface area (Å²) in [5.74, 6) is -0.0205. The van der Waals surface area contributed by atoms with Gasteiger partial charge in [-0.05, 0) is 49.9 Å². The highest BCUT2D eigenvalue weighted by Crippen LogP contribution is 2.21. The van der Waals surface area contributed by atoms with Crippen molar-refractivity contribution in [3.8, 4) is 0 Å². The van der Waals surface area contributed by atoms with Crippen LogP contribution in [0.5, 0.6) is 0 Å². The van der Waals surface area contributed by atoms with E-state index in [0.29, 0.717) is 12.1 Å². The summed E-state index contributed by atoms with van der Waals surface area (Å²) in [5, 5.41) is 3.07. The summed E-state index contributed by atoms with van der Waals surface area (Å²) in [6, 6.07) is 7.79. The third-order valence-electron chi connectivity index (χ3n) is 3.69. The summed E-state index contributed by atoms with van der Waals surface area (Å²) < 4.78 is 5.39. The van der Waals surface area contributed by atoms with Crippen LogP contribution in [0, 0.1) is 0 Å². The molecule has 1 aromatic carbocycles. The number of nitrogens with two attached hydrogens (primary N) is 1. The molecular formula is C15H22N2O2. The Kier molecular flexibility index (Phi) is 4.93. The maximum Gasteiger partial charge on any atom is 0.251 e. The maximum absolute atomic E-state index is 12.2. The van der Waals surface area contributed by atoms with Gasteiger partial charge in [-0.1, -0.05) is 12.1 Å². The molecule has 0 aliphatic heterocycles. The smallest absolute Gasteiger partial charge is 0.251 e. The molecule has 1 saturated carbocycles. The Labute approximate surface area is 114 Å². The summed E-state index contributed by atoms with van der Waals surface area (Å²) in [6.45, 7) is 0.597. The molecule has 0 aromatic heterocycles. The van der Waals surface area contributed by atoms with Gasteiger partial charge >= 0.3 is 0 Å². The fourth-order valence-electron chi connectivity index (χ4n) is 2.66. The van der Waals surface area contributed by atoms with E-state index < -0.39 is 0 Å². The predicted molar refractivity (Wildman–Crippen MR) is 75.1 cm³/mol. The molecule has 1 aromatic rings. The van der Waals surface area contributed by atoms with Gasteiger partial charge in [-0.3, -0.25) is 4.79 Å². The Bertz CT molecular complexity index is 434. The lowest BCUT2D eigenvalue weighted by molar-refractivity contribution is 0.0722. The number of methoxy groups -OCH3 is 1. The molecule has 0 spiro atoms. The first-order chi connectivity index (χ1) is 9.24. The minimum Gasteiger partial charge on any atom is -0.379 e. The van der Waals surface area contributed by atoms with Crippen LogP contribution in [0.25, 0.3) is 0 Å². The van der Waals surface area contributed by atoms with E-state index in [1.54, 1.807) is 7.11 Å². The number of ether oxygens (including phenoxy) is 1. The highest BCUT2D eigenvalue weighted by molar-refractivity contribution is 5.94. The van der Waals surface area contributed by atoms with Crippen molar-refractivity contribution in [2.24, 2.45) is 5.73 Å². The predicted octanol–water partition coefficient (Wildman–Crippen LogP) is 1.49. The normalized spacial score (nSPS) is 22.4. The molecule has 1 fully saturated rings. The van der Waals surface area contributed by atoms with Gasteiger partial charge in [0.15, 0.2) is 0 Å². The van der Waals surface area contributed by atoms with Gasteiger partial charge in [-0.2, -0.15) is 0 Å². The van der Waals surface area contributed by atoms with Crippen LogP contribution >= 0.6 is 0 Å². The number of rotatable bonds is 5. The molecule has 2 rings (SSSR count). The molecule has 0 radical (unpaired) electrons. The Balaban J connectivity index is 2.01. The summed E-state index contributed by atoms with van der Waals surface area (Å²) in [7, 11) is 1.71. The Hall–Kier alpha value is -1.39. The zero-order chi connectivity index (χ0) is 13.7. The molecule has 1 amide bonds. The molecule has 2 unspecified atom stereocenters. The lowest BCUT2D eigenvalue weighted by atomic mass is 10.1. The standard InChI is InChI=1S/C15H22N2O2/c1-19-14-7-3-6-13(14)17-15(18)12-5-2-4-11(10-12)8-9-16/h2,4-5,10,13-14H,3,6-9,16H2,1H3,(H,17,18). The highest BCUT2D eigenvalue weighted by atomic mass is 16.5. The second-order valence-corrected chi connectivity index (χ2v) is 5.02. The van der Waals surface area contributed by atoms with Crippen LogP contribution in [0.15, 0.2) is 24.3 Å². The van der Waals surface area contributed by atoms with Gasteiger partial charge in [-0.25, -0.2) is 0 Å². The molecular weight excluding hydrogens is 240 g/mol. The van der Waals surface area contributed by atoms with E-state index in [1.807, 2.05) is 24.3 Å². The number of carbonyl (C=O) groups excluding carboxylic acids is 1. The van der Waals surface area contributed by atoms with E-state index in [9.17, 15) is 4.79 Å². The Morgan fingerprint density at radius 1 is 1.47 bits per heavy atom. The lowest BCUT2D eigenvalue weighted by Crippen LogP contribution is -2.40. The van der Waals surface area contributed by atoms with Crippen LogP contribution in [0.1, 0.15) is 35.2 Å². The van der Waals surface area contributed by atoms with Crippen molar-refractivity contribution in [1.82, 2.24) is 5.32 Å². The van der Waals surface area contributed by atoms with Gasteiger partial charge in [0.25, 0.3) is 5.91 Å². The molecule has 1 aliphatic rings. The molecule has 0 heterocycles. The van der Waals surface area contributed by atoms with Crippen LogP contribution in [-0.4, -0.2) is 31.7 Å². The molecule has 4 heteroatoms. The molecule has 0 saturated heterocycles. The highest BCUT2D eigenvalue weighted by Gasteiger charge is 2.28. The van der Waals surface area contributed by atoms with Gasteiger partial charge in [0.05, 0.1) is 12.1 Å². The average molecular weight is 262 g/mol. The molecule has 0 bridgehead atoms. The number of hydrogen-bond acceptors (Lipinski definition) is 3. The molecule has 19 heavy (non-hydrogen) atoms. The second-order valence-electron chi connectivity index (χ2n) is 5.02. The fourth-order valence-corrected chi connectivity index (χ4v) is 2.66. The van der Waals surface area contributed by atoms with E-state index >= 15 is 0 Å². The van der Waals surface area contributed by atoms with Crippen LogP contribution in [0.2, 0.25) is 0 Å². The maximum atomic E-state index is 12.2. The summed E-state index contributed by atoms with van der Waals surface area (Å²) in [6.07, 6.45) is 4.07. The Morgan fingerprint density at radius 3 is 3.05 bits per heavy atom. The first-order valence-corrected chi connectivity index (χ1v) is 6.87. The van der Waals surface area contributed by atoms with Crippen molar-refractivity contribution in [3.05, 3.63) is 35.4 Å².